The highest BCUT2D eigenvalue weighted by Gasteiger charge is 2.30. The molecule has 0 aromatic rings. The Hall–Kier alpha value is -3.33. The fraction of sp³-hybridized carbons (Fsp3) is 0.710. The maximum atomic E-state index is 13.6. The first-order chi connectivity index (χ1) is 38.4. The van der Waals surface area contributed by atoms with E-state index in [0.29, 0.717) is 23.9 Å². The molecule has 1 amide bonds. The maximum absolute atomic E-state index is 13.6. The first-order valence-corrected chi connectivity index (χ1v) is 33.7. The number of esters is 1. The van der Waals surface area contributed by atoms with Gasteiger partial charge < -0.3 is 19.4 Å². The van der Waals surface area contributed by atoms with Gasteiger partial charge in [-0.15, -0.1) is 0 Å². The molecule has 0 spiro atoms. The van der Waals surface area contributed by atoms with Crippen molar-refractivity contribution in [2.45, 2.75) is 277 Å². The third kappa shape index (κ3) is 59.1. The van der Waals surface area contributed by atoms with Gasteiger partial charge >= 0.3 is 13.8 Å². The van der Waals surface area contributed by atoms with Crippen LogP contribution < -0.4 is 5.32 Å². The Balaban J connectivity index is 5.18. The molecule has 0 rings (SSSR count). The van der Waals surface area contributed by atoms with Gasteiger partial charge in [-0.2, -0.15) is 0 Å². The lowest BCUT2D eigenvalue weighted by atomic mass is 10.0. The summed E-state index contributed by atoms with van der Waals surface area (Å²) in [6.45, 7) is 6.82. The third-order valence-corrected chi connectivity index (χ3v) is 14.7. The van der Waals surface area contributed by atoms with Crippen LogP contribution in [0.1, 0.15) is 265 Å². The Morgan fingerprint density at radius 2 is 0.823 bits per heavy atom. The molecule has 0 aromatic carbocycles. The topological polar surface area (TPSA) is 111 Å². The summed E-state index contributed by atoms with van der Waals surface area (Å²) in [7, 11) is 1.45. The molecule has 0 aliphatic rings. The summed E-state index contributed by atoms with van der Waals surface area (Å²) in [4.78, 5) is 37.7. The Morgan fingerprint density at radius 1 is 0.456 bits per heavy atom. The highest BCUT2D eigenvalue weighted by atomic mass is 31.2. The quantitative estimate of drug-likeness (QED) is 0.0205. The molecule has 0 saturated carbocycles. The van der Waals surface area contributed by atoms with Crippen molar-refractivity contribution in [2.75, 3.05) is 40.9 Å². The molecule has 10 heteroatoms. The molecule has 0 radical (unpaired) electrons. The standard InChI is InChI=1S/C69H121N2O7P/c1-7-10-13-16-19-22-25-27-29-31-32-33-34-35-36-37-38-40-41-43-46-49-52-55-58-61-68(72)70-66(65-77-79(74,75)76-64-63-71(4,5)6)67(60-57-54-51-48-45-24-21-18-15-12-9-3)78-69(73)62-59-56-53-50-47-44-42-39-30-28-26-23-20-17-14-11-8-2/h11,14,19-20,22-23,27-30,32-33,42,44,50,53,57,60,66-67H,7-10,12-13,15-18,21,24-26,31,34-41,43,45-49,51-52,54-56,58-59,61-65H2,1-6H3,(H-,70,72,74,75)/p+1/b14-11-,22-19-,23-20-,29-27-,30-28-,33-32-,44-42-,53-50-,60-57-. The zero-order valence-corrected chi connectivity index (χ0v) is 52.7. The number of phosphoric ester groups is 1. The predicted octanol–water partition coefficient (Wildman–Crippen LogP) is 20.1. The van der Waals surface area contributed by atoms with E-state index in [1.165, 1.54) is 128 Å². The van der Waals surface area contributed by atoms with Crippen molar-refractivity contribution < 1.29 is 37.3 Å². The molecule has 454 valence electrons. The Kier molecular flexibility index (Phi) is 55.4. The number of unbranched alkanes of at least 4 members (excludes halogenated alkanes) is 25. The number of nitrogens with zero attached hydrogens (tertiary/aromatic N) is 1. The number of rotatable bonds is 57. The minimum absolute atomic E-state index is 0.0262. The number of phosphoric acid groups is 1. The number of nitrogens with one attached hydrogen (secondary N) is 1. The van der Waals surface area contributed by atoms with Gasteiger partial charge in [-0.05, 0) is 109 Å². The van der Waals surface area contributed by atoms with E-state index in [1.807, 2.05) is 33.3 Å². The summed E-state index contributed by atoms with van der Waals surface area (Å²) in [6, 6.07) is -0.879. The van der Waals surface area contributed by atoms with Crippen molar-refractivity contribution in [1.29, 1.82) is 0 Å². The van der Waals surface area contributed by atoms with Gasteiger partial charge in [0.1, 0.15) is 19.3 Å². The summed E-state index contributed by atoms with van der Waals surface area (Å²) < 4.78 is 30.6. The smallest absolute Gasteiger partial charge is 0.456 e. The maximum Gasteiger partial charge on any atom is 0.472 e. The molecular formula is C69H122N2O7P+. The van der Waals surface area contributed by atoms with Gasteiger partial charge in [-0.1, -0.05) is 252 Å². The van der Waals surface area contributed by atoms with E-state index in [4.69, 9.17) is 13.8 Å². The third-order valence-electron chi connectivity index (χ3n) is 13.7. The van der Waals surface area contributed by atoms with E-state index >= 15 is 0 Å². The highest BCUT2D eigenvalue weighted by Crippen LogP contribution is 2.43. The summed E-state index contributed by atoms with van der Waals surface area (Å²) >= 11 is 0. The highest BCUT2D eigenvalue weighted by molar-refractivity contribution is 7.47. The van der Waals surface area contributed by atoms with Crippen LogP contribution >= 0.6 is 7.82 Å². The molecule has 0 heterocycles. The monoisotopic (exact) mass is 1120 g/mol. The minimum atomic E-state index is -4.47. The van der Waals surface area contributed by atoms with Gasteiger partial charge in [0.15, 0.2) is 0 Å². The molecule has 0 saturated heterocycles. The number of hydrogen-bond donors (Lipinski definition) is 2. The Morgan fingerprint density at radius 3 is 1.27 bits per heavy atom. The van der Waals surface area contributed by atoms with E-state index in [-0.39, 0.29) is 31.5 Å². The van der Waals surface area contributed by atoms with Gasteiger partial charge in [0, 0.05) is 12.8 Å². The van der Waals surface area contributed by atoms with Crippen LogP contribution in [0.3, 0.4) is 0 Å². The van der Waals surface area contributed by atoms with Crippen LogP contribution in [0.2, 0.25) is 0 Å². The van der Waals surface area contributed by atoms with Crippen molar-refractivity contribution in [2.24, 2.45) is 0 Å². The van der Waals surface area contributed by atoms with Gasteiger partial charge in [-0.25, -0.2) is 4.57 Å². The molecule has 0 fully saturated rings. The SMILES string of the molecule is CC/C=C\C/C=C\C/C=C\C/C=C\C/C=C\CCCC(=O)OC(/C=C\CCCCCCCCCCC)C(COP(=O)(O)OCC[N+](C)(C)C)NC(=O)CCCCCCCCCCCCCC/C=C\C/C=C\C/C=C\CCCCC. The molecule has 3 atom stereocenters. The van der Waals surface area contributed by atoms with Gasteiger partial charge in [0.25, 0.3) is 0 Å². The van der Waals surface area contributed by atoms with Crippen LogP contribution in [-0.4, -0.2) is 74.3 Å². The van der Waals surface area contributed by atoms with Crippen molar-refractivity contribution in [3.05, 3.63) is 109 Å². The lowest BCUT2D eigenvalue weighted by Crippen LogP contribution is -2.47. The zero-order chi connectivity index (χ0) is 57.9. The first kappa shape index (κ1) is 75.7. The average Bonchev–Trinajstić information content (AvgIpc) is 3.41. The molecule has 0 aliphatic heterocycles. The number of allylic oxidation sites excluding steroid dienone is 17. The first-order valence-electron chi connectivity index (χ1n) is 32.2. The van der Waals surface area contributed by atoms with Crippen molar-refractivity contribution in [3.63, 3.8) is 0 Å². The normalized spacial score (nSPS) is 14.4. The second-order valence-corrected chi connectivity index (χ2v) is 24.0. The second-order valence-electron chi connectivity index (χ2n) is 22.5. The Bertz CT molecular complexity index is 1720. The molecule has 0 bridgehead atoms. The molecule has 79 heavy (non-hydrogen) atoms. The van der Waals surface area contributed by atoms with Crippen LogP contribution in [0.25, 0.3) is 0 Å². The molecular weight excluding hydrogens is 1000 g/mol. The Labute approximate surface area is 487 Å². The van der Waals surface area contributed by atoms with Crippen LogP contribution in [0.15, 0.2) is 109 Å². The van der Waals surface area contributed by atoms with Gasteiger partial charge in [0.2, 0.25) is 5.91 Å². The summed E-state index contributed by atoms with van der Waals surface area (Å²) in [5.74, 6) is -0.579. The fourth-order valence-electron chi connectivity index (χ4n) is 8.75. The lowest BCUT2D eigenvalue weighted by Gasteiger charge is -2.27. The predicted molar refractivity (Wildman–Crippen MR) is 341 cm³/mol. The number of likely N-dealkylation sites (N-methyl/N-ethyl adjacent to an activating group) is 1. The lowest BCUT2D eigenvalue weighted by molar-refractivity contribution is -0.870. The molecule has 2 N–H and O–H groups in total. The number of ether oxygens (including phenoxy) is 1. The molecule has 3 unspecified atom stereocenters. The van der Waals surface area contributed by atoms with Crippen molar-refractivity contribution in [3.8, 4) is 0 Å². The molecule has 0 aliphatic carbocycles. The number of carbonyl (C=O) groups is 2. The largest absolute Gasteiger partial charge is 0.472 e. The second kappa shape index (κ2) is 57.9. The van der Waals surface area contributed by atoms with Gasteiger partial charge in [-0.3, -0.25) is 18.6 Å². The van der Waals surface area contributed by atoms with Crippen molar-refractivity contribution in [1.82, 2.24) is 5.32 Å². The van der Waals surface area contributed by atoms with Crippen LogP contribution in [0, 0.1) is 0 Å². The van der Waals surface area contributed by atoms with Crippen LogP contribution in [0.4, 0.5) is 0 Å². The summed E-state index contributed by atoms with van der Waals surface area (Å²) in [6.07, 6.45) is 79.6. The fourth-order valence-corrected chi connectivity index (χ4v) is 9.48. The van der Waals surface area contributed by atoms with Crippen LogP contribution in [0.5, 0.6) is 0 Å². The minimum Gasteiger partial charge on any atom is -0.456 e. The number of carbonyl (C=O) groups excluding carboxylic acids is 2. The van der Waals surface area contributed by atoms with E-state index < -0.39 is 20.0 Å². The number of hydrogen-bond acceptors (Lipinski definition) is 6. The molecule has 0 aromatic heterocycles. The van der Waals surface area contributed by atoms with E-state index in [1.54, 1.807) is 0 Å². The van der Waals surface area contributed by atoms with Gasteiger partial charge in [0.05, 0.1) is 33.8 Å². The van der Waals surface area contributed by atoms with Crippen LogP contribution in [-0.2, 0) is 27.9 Å². The zero-order valence-electron chi connectivity index (χ0n) is 51.8. The summed E-state index contributed by atoms with van der Waals surface area (Å²) in [5.41, 5.74) is 0. The van der Waals surface area contributed by atoms with E-state index in [0.717, 1.165) is 96.3 Å². The van der Waals surface area contributed by atoms with E-state index in [2.05, 4.69) is 123 Å². The summed E-state index contributed by atoms with van der Waals surface area (Å²) in [5, 5.41) is 3.04. The number of amides is 1. The molecule has 9 nitrogen and oxygen atoms in total. The number of quaternary nitrogens is 1. The average molecular weight is 1120 g/mol. The van der Waals surface area contributed by atoms with E-state index in [9.17, 15) is 19.0 Å². The van der Waals surface area contributed by atoms with Crippen molar-refractivity contribution >= 4 is 19.7 Å².